The minimum atomic E-state index is -0.0141. The van der Waals surface area contributed by atoms with Crippen molar-refractivity contribution in [3.05, 3.63) is 47.3 Å². The largest absolute Gasteiger partial charge is 0.349 e. The van der Waals surface area contributed by atoms with Crippen molar-refractivity contribution in [1.29, 1.82) is 0 Å². The van der Waals surface area contributed by atoms with Gasteiger partial charge in [-0.2, -0.15) is 10.2 Å². The molecule has 1 amide bonds. The first kappa shape index (κ1) is 20.8. The number of likely N-dealkylation sites (N-methyl/N-ethyl adjacent to an activating group) is 1. The summed E-state index contributed by atoms with van der Waals surface area (Å²) in [6, 6.07) is 1.94. The van der Waals surface area contributed by atoms with Gasteiger partial charge in [0, 0.05) is 47.4 Å². The minimum Gasteiger partial charge on any atom is -0.349 e. The Morgan fingerprint density at radius 2 is 2.03 bits per heavy atom. The number of fused-ring (bicyclic) bond motifs is 1. The Hall–Kier alpha value is -3.04. The quantitative estimate of drug-likeness (QED) is 0.467. The van der Waals surface area contributed by atoms with Crippen LogP contribution in [0.3, 0.4) is 0 Å². The molecule has 1 aliphatic rings. The van der Waals surface area contributed by atoms with Gasteiger partial charge in [0.05, 0.1) is 17.3 Å². The third kappa shape index (κ3) is 3.82. The van der Waals surface area contributed by atoms with Crippen LogP contribution in [0.2, 0.25) is 0 Å². The molecule has 0 atom stereocenters. The van der Waals surface area contributed by atoms with E-state index in [0.29, 0.717) is 11.4 Å². The van der Waals surface area contributed by atoms with Crippen molar-refractivity contribution in [3.63, 3.8) is 0 Å². The predicted molar refractivity (Wildman–Crippen MR) is 126 cm³/mol. The molecule has 0 bridgehead atoms. The Bertz CT molecular complexity index is 1220. The van der Waals surface area contributed by atoms with Crippen molar-refractivity contribution in [3.8, 4) is 22.3 Å². The number of amides is 1. The van der Waals surface area contributed by atoms with Crippen LogP contribution in [0, 0.1) is 0 Å². The Kier molecular flexibility index (Phi) is 5.52. The number of hydrogen-bond donors (Lipinski definition) is 2. The number of thiophene rings is 1. The van der Waals surface area contributed by atoms with E-state index < -0.39 is 0 Å². The Morgan fingerprint density at radius 3 is 2.78 bits per heavy atom. The lowest BCUT2D eigenvalue weighted by atomic mass is 9.80. The fourth-order valence-corrected chi connectivity index (χ4v) is 5.38. The van der Waals surface area contributed by atoms with Crippen molar-refractivity contribution >= 4 is 22.9 Å². The van der Waals surface area contributed by atoms with E-state index in [2.05, 4.69) is 44.6 Å². The third-order valence-electron chi connectivity index (χ3n) is 6.63. The molecule has 4 aromatic rings. The van der Waals surface area contributed by atoms with Crippen molar-refractivity contribution in [2.24, 2.45) is 0 Å². The molecule has 0 unspecified atom stereocenters. The number of aromatic nitrogens is 5. The lowest BCUT2D eigenvalue weighted by molar-refractivity contribution is 0.0802. The van der Waals surface area contributed by atoms with Crippen molar-refractivity contribution in [2.75, 3.05) is 20.6 Å². The van der Waals surface area contributed by atoms with Crippen LogP contribution in [0.5, 0.6) is 0 Å². The summed E-state index contributed by atoms with van der Waals surface area (Å²) in [7, 11) is 4.24. The molecule has 8 nitrogen and oxygen atoms in total. The van der Waals surface area contributed by atoms with Crippen molar-refractivity contribution < 1.29 is 4.79 Å². The van der Waals surface area contributed by atoms with Gasteiger partial charge < -0.3 is 10.2 Å². The normalized spacial score (nSPS) is 16.0. The predicted octanol–water partition coefficient (Wildman–Crippen LogP) is 3.84. The van der Waals surface area contributed by atoms with Crippen LogP contribution >= 0.6 is 11.3 Å². The van der Waals surface area contributed by atoms with E-state index in [1.807, 2.05) is 30.0 Å². The SMILES string of the molecule is CN(C)C1(CNC(=O)c2cc(-c3cnn4cc(-c5cn[nH]c5)cnc34)cs2)CCCCC1. The number of carbonyl (C=O) groups excluding carboxylic acids is 1. The summed E-state index contributed by atoms with van der Waals surface area (Å²) in [6.07, 6.45) is 15.1. The molecule has 2 N–H and O–H groups in total. The minimum absolute atomic E-state index is 0.0141. The molecule has 0 aromatic carbocycles. The number of aromatic amines is 1. The second-order valence-electron chi connectivity index (χ2n) is 8.72. The van der Waals surface area contributed by atoms with Gasteiger partial charge in [0.15, 0.2) is 5.65 Å². The summed E-state index contributed by atoms with van der Waals surface area (Å²) < 4.78 is 1.76. The zero-order valence-electron chi connectivity index (χ0n) is 18.3. The molecule has 0 spiro atoms. The van der Waals surface area contributed by atoms with E-state index in [1.54, 1.807) is 16.9 Å². The molecular weight excluding hydrogens is 422 g/mol. The highest BCUT2D eigenvalue weighted by molar-refractivity contribution is 7.12. The summed E-state index contributed by atoms with van der Waals surface area (Å²) in [5.41, 5.74) is 4.58. The molecular formula is C23H27N7OS. The first-order chi connectivity index (χ1) is 15.6. The molecule has 4 heterocycles. The monoisotopic (exact) mass is 449 g/mol. The number of rotatable bonds is 6. The zero-order chi connectivity index (χ0) is 22.1. The van der Waals surface area contributed by atoms with E-state index in [9.17, 15) is 4.79 Å². The molecule has 4 aromatic heterocycles. The average Bonchev–Trinajstić information content (AvgIpc) is 3.58. The number of nitrogens with zero attached hydrogens (tertiary/aromatic N) is 5. The van der Waals surface area contributed by atoms with E-state index in [0.717, 1.165) is 40.7 Å². The number of H-pyrrole nitrogens is 1. The van der Waals surface area contributed by atoms with Crippen LogP contribution in [0.1, 0.15) is 41.8 Å². The van der Waals surface area contributed by atoms with E-state index in [1.165, 1.54) is 30.6 Å². The van der Waals surface area contributed by atoms with Gasteiger partial charge in [0.1, 0.15) is 0 Å². The second kappa shape index (κ2) is 8.48. The average molecular weight is 450 g/mol. The van der Waals surface area contributed by atoms with E-state index in [4.69, 9.17) is 0 Å². The van der Waals surface area contributed by atoms with Crippen molar-refractivity contribution in [1.82, 2.24) is 35.0 Å². The highest BCUT2D eigenvalue weighted by Crippen LogP contribution is 2.32. The smallest absolute Gasteiger partial charge is 0.261 e. The fraction of sp³-hybridized carbons (Fsp3) is 0.391. The Labute approximate surface area is 190 Å². The van der Waals surface area contributed by atoms with Crippen molar-refractivity contribution in [2.45, 2.75) is 37.6 Å². The van der Waals surface area contributed by atoms with Gasteiger partial charge in [-0.25, -0.2) is 9.50 Å². The maximum Gasteiger partial charge on any atom is 0.261 e. The van der Waals surface area contributed by atoms with Gasteiger partial charge in [0.25, 0.3) is 5.91 Å². The molecule has 1 saturated carbocycles. The number of carbonyl (C=O) groups is 1. The van der Waals surface area contributed by atoms with Gasteiger partial charge in [-0.15, -0.1) is 11.3 Å². The highest BCUT2D eigenvalue weighted by atomic mass is 32.1. The summed E-state index contributed by atoms with van der Waals surface area (Å²) in [5.74, 6) is -0.0141. The zero-order valence-corrected chi connectivity index (χ0v) is 19.2. The number of nitrogens with one attached hydrogen (secondary N) is 2. The first-order valence-corrected chi connectivity index (χ1v) is 11.8. The summed E-state index contributed by atoms with van der Waals surface area (Å²) in [6.45, 7) is 0.682. The van der Waals surface area contributed by atoms with Gasteiger partial charge in [-0.3, -0.25) is 9.89 Å². The second-order valence-corrected chi connectivity index (χ2v) is 9.63. The van der Waals surface area contributed by atoms with E-state index in [-0.39, 0.29) is 11.4 Å². The fourth-order valence-electron chi connectivity index (χ4n) is 4.56. The molecule has 9 heteroatoms. The first-order valence-electron chi connectivity index (χ1n) is 10.9. The molecule has 1 aliphatic carbocycles. The van der Waals surface area contributed by atoms with E-state index >= 15 is 0 Å². The molecule has 0 aliphatic heterocycles. The standard InChI is InChI=1S/C23H27N7OS/c1-29(2)23(6-4-3-5-7-23)15-25-22(31)20-8-16(14-32-20)19-12-28-30-13-18(9-24-21(19)30)17-10-26-27-11-17/h8-14H,3-7,15H2,1-2H3,(H,25,31)(H,26,27). The third-order valence-corrected chi connectivity index (χ3v) is 7.56. The van der Waals surface area contributed by atoms with Crippen LogP contribution in [-0.4, -0.2) is 61.8 Å². The lowest BCUT2D eigenvalue weighted by Crippen LogP contribution is -2.53. The van der Waals surface area contributed by atoms with Gasteiger partial charge in [-0.1, -0.05) is 19.3 Å². The molecule has 166 valence electrons. The van der Waals surface area contributed by atoms with Gasteiger partial charge >= 0.3 is 0 Å². The highest BCUT2D eigenvalue weighted by Gasteiger charge is 2.34. The van der Waals surface area contributed by atoms with Crippen LogP contribution in [0.4, 0.5) is 0 Å². The maximum atomic E-state index is 12.9. The molecule has 0 radical (unpaired) electrons. The summed E-state index contributed by atoms with van der Waals surface area (Å²) in [5, 5.41) is 16.5. The Balaban J connectivity index is 1.33. The van der Waals surface area contributed by atoms with Crippen LogP contribution < -0.4 is 5.32 Å². The summed E-state index contributed by atoms with van der Waals surface area (Å²) in [4.78, 5) is 20.5. The maximum absolute atomic E-state index is 12.9. The summed E-state index contributed by atoms with van der Waals surface area (Å²) >= 11 is 1.46. The topological polar surface area (TPSA) is 91.2 Å². The molecule has 5 rings (SSSR count). The molecule has 32 heavy (non-hydrogen) atoms. The lowest BCUT2D eigenvalue weighted by Gasteiger charge is -2.43. The molecule has 1 fully saturated rings. The van der Waals surface area contributed by atoms with Crippen LogP contribution in [-0.2, 0) is 0 Å². The van der Waals surface area contributed by atoms with Crippen LogP contribution in [0.25, 0.3) is 27.9 Å². The van der Waals surface area contributed by atoms with Gasteiger partial charge in [-0.05, 0) is 43.9 Å². The Morgan fingerprint density at radius 1 is 1.19 bits per heavy atom. The molecule has 0 saturated heterocycles. The van der Waals surface area contributed by atoms with Crippen LogP contribution in [0.15, 0.2) is 42.4 Å². The van der Waals surface area contributed by atoms with Gasteiger partial charge in [0.2, 0.25) is 0 Å². The number of hydrogen-bond acceptors (Lipinski definition) is 6.